The first-order chi connectivity index (χ1) is 16.6. The lowest BCUT2D eigenvalue weighted by molar-refractivity contribution is -0.137. The van der Waals surface area contributed by atoms with Gasteiger partial charge in [-0.1, -0.05) is 0 Å². The van der Waals surface area contributed by atoms with Gasteiger partial charge in [0.15, 0.2) is 11.5 Å². The van der Waals surface area contributed by atoms with Crippen LogP contribution in [0.25, 0.3) is 0 Å². The van der Waals surface area contributed by atoms with E-state index in [1.54, 1.807) is 0 Å². The summed E-state index contributed by atoms with van der Waals surface area (Å²) in [4.78, 5) is 24.6. The van der Waals surface area contributed by atoms with E-state index in [0.717, 1.165) is 12.1 Å². The average molecular weight is 496 g/mol. The molecule has 1 aliphatic rings. The van der Waals surface area contributed by atoms with Gasteiger partial charge in [0, 0.05) is 32.2 Å². The summed E-state index contributed by atoms with van der Waals surface area (Å²) in [6.45, 7) is 2.55. The van der Waals surface area contributed by atoms with Crippen LogP contribution in [0.4, 0.5) is 13.2 Å². The molecule has 2 aromatic rings. The molecular formula is C24H27F3N2O6. The minimum absolute atomic E-state index is 0.102. The Morgan fingerprint density at radius 2 is 1.60 bits per heavy atom. The van der Waals surface area contributed by atoms with Gasteiger partial charge >= 0.3 is 6.18 Å². The number of alkyl halides is 3. The molecule has 0 spiro atoms. The Balaban J connectivity index is 1.80. The second-order valence-electron chi connectivity index (χ2n) is 8.09. The first kappa shape index (κ1) is 26.1. The number of methoxy groups -OCH3 is 2. The maximum Gasteiger partial charge on any atom is 0.416 e. The number of ether oxygens (including phenoxy) is 4. The van der Waals surface area contributed by atoms with Crippen LogP contribution < -0.4 is 24.8 Å². The summed E-state index contributed by atoms with van der Waals surface area (Å²) in [5, 5.41) is 5.76. The number of halogens is 3. The summed E-state index contributed by atoms with van der Waals surface area (Å²) in [6.07, 6.45) is -3.36. The molecule has 1 saturated heterocycles. The molecule has 0 aromatic heterocycles. The van der Waals surface area contributed by atoms with Gasteiger partial charge in [-0.3, -0.25) is 9.59 Å². The van der Waals surface area contributed by atoms with Gasteiger partial charge < -0.3 is 29.6 Å². The molecular weight excluding hydrogens is 469 g/mol. The van der Waals surface area contributed by atoms with Gasteiger partial charge in [0.1, 0.15) is 5.75 Å². The number of carbonyl (C=O) groups is 2. The Bertz CT molecular complexity index is 1030. The predicted octanol–water partition coefficient (Wildman–Crippen LogP) is 3.93. The lowest BCUT2D eigenvalue weighted by atomic mass is 9.89. The number of amides is 2. The molecule has 2 N–H and O–H groups in total. The number of benzene rings is 2. The maximum atomic E-state index is 12.9. The number of nitrogens with one attached hydrogen (secondary N) is 2. The van der Waals surface area contributed by atoms with Gasteiger partial charge in [0.05, 0.1) is 25.3 Å². The van der Waals surface area contributed by atoms with Crippen molar-refractivity contribution >= 4 is 11.8 Å². The number of rotatable bonds is 8. The van der Waals surface area contributed by atoms with Crippen molar-refractivity contribution in [3.05, 3.63) is 47.5 Å². The van der Waals surface area contributed by atoms with E-state index in [1.807, 2.05) is 0 Å². The zero-order valence-corrected chi connectivity index (χ0v) is 19.6. The lowest BCUT2D eigenvalue weighted by Crippen LogP contribution is -2.57. The van der Waals surface area contributed by atoms with E-state index >= 15 is 0 Å². The molecule has 3 rings (SSSR count). The Morgan fingerprint density at radius 1 is 1.03 bits per heavy atom. The van der Waals surface area contributed by atoms with E-state index in [1.165, 1.54) is 45.4 Å². The second-order valence-corrected chi connectivity index (χ2v) is 8.09. The third kappa shape index (κ3) is 6.56. The summed E-state index contributed by atoms with van der Waals surface area (Å²) in [5.74, 6) is -0.101. The summed E-state index contributed by atoms with van der Waals surface area (Å²) >= 11 is 0. The fraction of sp³-hybridized carbons (Fsp3) is 0.417. The lowest BCUT2D eigenvalue weighted by Gasteiger charge is -2.37. The van der Waals surface area contributed by atoms with Crippen molar-refractivity contribution in [1.82, 2.24) is 10.6 Å². The van der Waals surface area contributed by atoms with Crippen LogP contribution in [0.15, 0.2) is 36.4 Å². The van der Waals surface area contributed by atoms with Crippen LogP contribution in [-0.4, -0.2) is 51.3 Å². The van der Waals surface area contributed by atoms with E-state index in [9.17, 15) is 22.8 Å². The standard InChI is InChI=1S/C24H27F3N2O6/c1-15(30)29-23(8-10-34-11-9-23)14-28-22(31)16-12-19(32-2)21(20(13-16)33-3)35-18-6-4-17(5-7-18)24(25,26)27/h4-7,12-13H,8-11,14H2,1-3H3,(H,28,31)(H,29,30). The molecule has 1 heterocycles. The Morgan fingerprint density at radius 3 is 2.09 bits per heavy atom. The van der Waals surface area contributed by atoms with E-state index in [4.69, 9.17) is 18.9 Å². The molecule has 8 nitrogen and oxygen atoms in total. The Hall–Kier alpha value is -3.47. The highest BCUT2D eigenvalue weighted by molar-refractivity contribution is 5.95. The fourth-order valence-corrected chi connectivity index (χ4v) is 3.77. The molecule has 190 valence electrons. The highest BCUT2D eigenvalue weighted by atomic mass is 19.4. The van der Waals surface area contributed by atoms with Crippen molar-refractivity contribution in [2.45, 2.75) is 31.5 Å². The van der Waals surface area contributed by atoms with Gasteiger partial charge in [-0.05, 0) is 49.2 Å². The van der Waals surface area contributed by atoms with Crippen LogP contribution in [0.1, 0.15) is 35.7 Å². The topological polar surface area (TPSA) is 95.1 Å². The molecule has 0 saturated carbocycles. The van der Waals surface area contributed by atoms with Gasteiger partial charge in [-0.2, -0.15) is 13.2 Å². The highest BCUT2D eigenvalue weighted by Gasteiger charge is 2.34. The monoisotopic (exact) mass is 496 g/mol. The molecule has 0 atom stereocenters. The average Bonchev–Trinajstić information content (AvgIpc) is 2.82. The van der Waals surface area contributed by atoms with Crippen molar-refractivity contribution < 1.29 is 41.7 Å². The normalized spacial score (nSPS) is 15.1. The summed E-state index contributed by atoms with van der Waals surface area (Å²) in [6, 6.07) is 7.03. The zero-order valence-electron chi connectivity index (χ0n) is 19.6. The van der Waals surface area contributed by atoms with Crippen molar-refractivity contribution in [3.8, 4) is 23.0 Å². The van der Waals surface area contributed by atoms with E-state index < -0.39 is 23.2 Å². The van der Waals surface area contributed by atoms with Gasteiger partial charge in [0.2, 0.25) is 11.7 Å². The summed E-state index contributed by atoms with van der Waals surface area (Å²) in [5.41, 5.74) is -1.21. The van der Waals surface area contributed by atoms with Crippen molar-refractivity contribution in [2.24, 2.45) is 0 Å². The van der Waals surface area contributed by atoms with E-state index in [2.05, 4.69) is 10.6 Å². The SMILES string of the molecule is COc1cc(C(=O)NCC2(NC(C)=O)CCOCC2)cc(OC)c1Oc1ccc(C(F)(F)F)cc1. The molecule has 35 heavy (non-hydrogen) atoms. The van der Waals surface area contributed by atoms with Crippen LogP contribution in [0.3, 0.4) is 0 Å². The van der Waals surface area contributed by atoms with Crippen LogP contribution in [0.2, 0.25) is 0 Å². The zero-order chi connectivity index (χ0) is 25.6. The van der Waals surface area contributed by atoms with Crippen molar-refractivity contribution in [2.75, 3.05) is 34.0 Å². The molecule has 1 fully saturated rings. The summed E-state index contributed by atoms with van der Waals surface area (Å²) in [7, 11) is 2.73. The summed E-state index contributed by atoms with van der Waals surface area (Å²) < 4.78 is 60.3. The first-order valence-electron chi connectivity index (χ1n) is 10.8. The van der Waals surface area contributed by atoms with Crippen LogP contribution in [0.5, 0.6) is 23.0 Å². The third-order valence-corrected chi connectivity index (χ3v) is 5.60. The minimum atomic E-state index is -4.47. The smallest absolute Gasteiger partial charge is 0.416 e. The quantitative estimate of drug-likeness (QED) is 0.575. The molecule has 2 aromatic carbocycles. The van der Waals surface area contributed by atoms with Gasteiger partial charge in [-0.15, -0.1) is 0 Å². The third-order valence-electron chi connectivity index (χ3n) is 5.60. The molecule has 0 aliphatic carbocycles. The van der Waals surface area contributed by atoms with E-state index in [0.29, 0.717) is 26.1 Å². The van der Waals surface area contributed by atoms with Crippen LogP contribution >= 0.6 is 0 Å². The van der Waals surface area contributed by atoms with Gasteiger partial charge in [0.25, 0.3) is 5.91 Å². The Labute approximate surface area is 200 Å². The van der Waals surface area contributed by atoms with Crippen LogP contribution in [-0.2, 0) is 15.7 Å². The number of hydrogen-bond acceptors (Lipinski definition) is 6. The van der Waals surface area contributed by atoms with Crippen molar-refractivity contribution in [3.63, 3.8) is 0 Å². The fourth-order valence-electron chi connectivity index (χ4n) is 3.77. The van der Waals surface area contributed by atoms with Gasteiger partial charge in [-0.25, -0.2) is 0 Å². The second kappa shape index (κ2) is 10.9. The Kier molecular flexibility index (Phi) is 8.11. The van der Waals surface area contributed by atoms with Crippen LogP contribution in [0, 0.1) is 0 Å². The number of hydrogen-bond donors (Lipinski definition) is 2. The molecule has 0 unspecified atom stereocenters. The molecule has 0 bridgehead atoms. The number of carbonyl (C=O) groups excluding carboxylic acids is 2. The highest BCUT2D eigenvalue weighted by Crippen LogP contribution is 2.42. The largest absolute Gasteiger partial charge is 0.493 e. The minimum Gasteiger partial charge on any atom is -0.493 e. The first-order valence-corrected chi connectivity index (χ1v) is 10.8. The maximum absolute atomic E-state index is 12.9. The van der Waals surface area contributed by atoms with E-state index in [-0.39, 0.29) is 41.0 Å². The molecule has 1 aliphatic heterocycles. The molecule has 2 amide bonds. The predicted molar refractivity (Wildman–Crippen MR) is 120 cm³/mol. The van der Waals surface area contributed by atoms with Crippen molar-refractivity contribution in [1.29, 1.82) is 0 Å². The molecule has 0 radical (unpaired) electrons. The molecule has 11 heteroatoms.